The molecular weight excluding hydrogens is 441 g/mol. The number of hydrogen-bond acceptors (Lipinski definition) is 6. The van der Waals surface area contributed by atoms with E-state index in [4.69, 9.17) is 0 Å². The van der Waals surface area contributed by atoms with Crippen molar-refractivity contribution in [3.05, 3.63) is 81.0 Å². The molecule has 2 N–H and O–H groups in total. The van der Waals surface area contributed by atoms with Crippen LogP contribution in [0.25, 0.3) is 27.9 Å². The zero-order valence-electron chi connectivity index (χ0n) is 16.8. The maximum atomic E-state index is 12.2. The van der Waals surface area contributed by atoms with Gasteiger partial charge in [-0.05, 0) is 37.0 Å². The minimum absolute atomic E-state index is 0.00463. The topological polar surface area (TPSA) is 122 Å². The molecule has 33 heavy (non-hydrogen) atoms. The number of fused-ring (bicyclic) bond motifs is 2. The number of aromatic nitrogens is 6. The second-order valence-electron chi connectivity index (χ2n) is 7.47. The molecule has 1 saturated carbocycles. The molecule has 0 atom stereocenters. The summed E-state index contributed by atoms with van der Waals surface area (Å²) < 4.78 is 42.9. The van der Waals surface area contributed by atoms with E-state index in [1.54, 1.807) is 23.0 Å². The number of benzene rings is 1. The molecular formula is C21H15F3N6O3. The van der Waals surface area contributed by atoms with Crippen LogP contribution in [-0.4, -0.2) is 29.7 Å². The van der Waals surface area contributed by atoms with Gasteiger partial charge in [0.1, 0.15) is 0 Å². The lowest BCUT2D eigenvalue weighted by atomic mass is 10.1. The first-order valence-electron chi connectivity index (χ1n) is 9.89. The molecule has 1 aliphatic rings. The molecule has 5 aromatic rings. The summed E-state index contributed by atoms with van der Waals surface area (Å²) in [5, 5.41) is 7.34. The van der Waals surface area contributed by atoms with Gasteiger partial charge in [0.15, 0.2) is 16.9 Å². The molecule has 0 unspecified atom stereocenters. The third kappa shape index (κ3) is 4.02. The summed E-state index contributed by atoms with van der Waals surface area (Å²) in [6, 6.07) is 7.76. The van der Waals surface area contributed by atoms with Crippen LogP contribution in [0.3, 0.4) is 0 Å². The van der Waals surface area contributed by atoms with Crippen molar-refractivity contribution in [1.29, 1.82) is 0 Å². The molecule has 1 aromatic carbocycles. The van der Waals surface area contributed by atoms with Crippen LogP contribution in [0.15, 0.2) is 63.0 Å². The van der Waals surface area contributed by atoms with E-state index < -0.39 is 23.1 Å². The normalized spacial score (nSPS) is 13.8. The smallest absolute Gasteiger partial charge is 0.356 e. The first-order chi connectivity index (χ1) is 15.8. The Balaban J connectivity index is 0.000000152. The summed E-state index contributed by atoms with van der Waals surface area (Å²) in [5.41, 5.74) is 1.03. The van der Waals surface area contributed by atoms with Gasteiger partial charge in [-0.25, -0.2) is 14.3 Å². The molecule has 0 radical (unpaired) electrons. The van der Waals surface area contributed by atoms with Crippen LogP contribution in [0.2, 0.25) is 0 Å². The predicted molar refractivity (Wildman–Crippen MR) is 111 cm³/mol. The van der Waals surface area contributed by atoms with E-state index in [9.17, 15) is 22.8 Å². The second-order valence-corrected chi connectivity index (χ2v) is 7.47. The Morgan fingerprint density at radius 3 is 2.67 bits per heavy atom. The van der Waals surface area contributed by atoms with Gasteiger partial charge in [0.2, 0.25) is 0 Å². The predicted octanol–water partition coefficient (Wildman–Crippen LogP) is 3.50. The summed E-state index contributed by atoms with van der Waals surface area (Å²) in [7, 11) is 0. The van der Waals surface area contributed by atoms with Crippen molar-refractivity contribution in [3.8, 4) is 11.3 Å². The molecule has 4 aromatic heterocycles. The maximum Gasteiger partial charge on any atom is 0.437 e. The summed E-state index contributed by atoms with van der Waals surface area (Å²) in [6.07, 6.45) is 2.65. The molecule has 0 amide bonds. The summed E-state index contributed by atoms with van der Waals surface area (Å²) in [6.45, 7) is 0. The quantitative estimate of drug-likeness (QED) is 0.419. The Morgan fingerprint density at radius 1 is 1.15 bits per heavy atom. The van der Waals surface area contributed by atoms with E-state index in [1.165, 1.54) is 24.4 Å². The molecule has 1 aliphatic carbocycles. The van der Waals surface area contributed by atoms with Crippen LogP contribution in [0.1, 0.15) is 30.0 Å². The van der Waals surface area contributed by atoms with Gasteiger partial charge < -0.3 is 9.51 Å². The molecule has 0 bridgehead atoms. The van der Waals surface area contributed by atoms with Crippen molar-refractivity contribution in [2.24, 2.45) is 0 Å². The van der Waals surface area contributed by atoms with Gasteiger partial charge in [0.25, 0.3) is 5.56 Å². The lowest BCUT2D eigenvalue weighted by molar-refractivity contribution is -0.141. The number of rotatable bonds is 2. The van der Waals surface area contributed by atoms with Crippen molar-refractivity contribution in [2.45, 2.75) is 24.9 Å². The van der Waals surface area contributed by atoms with Crippen molar-refractivity contribution >= 4 is 16.6 Å². The molecule has 0 spiro atoms. The highest BCUT2D eigenvalue weighted by Crippen LogP contribution is 2.42. The number of halogens is 3. The monoisotopic (exact) mass is 456 g/mol. The van der Waals surface area contributed by atoms with E-state index in [-0.39, 0.29) is 11.0 Å². The SMILES string of the molecule is FC(F)(F)c1noc2ccccc12.O=c1[nH]cc(-c2cc(C3CC3)c3nccn3n2)c(=O)[nH]1. The fourth-order valence-corrected chi connectivity index (χ4v) is 3.46. The third-order valence-corrected chi connectivity index (χ3v) is 5.15. The van der Waals surface area contributed by atoms with Gasteiger partial charge in [0.05, 0.1) is 16.6 Å². The number of H-pyrrole nitrogens is 2. The highest BCUT2D eigenvalue weighted by Gasteiger charge is 2.36. The third-order valence-electron chi connectivity index (χ3n) is 5.15. The van der Waals surface area contributed by atoms with Crippen LogP contribution >= 0.6 is 0 Å². The van der Waals surface area contributed by atoms with E-state index in [2.05, 4.69) is 29.7 Å². The van der Waals surface area contributed by atoms with Crippen LogP contribution in [-0.2, 0) is 6.18 Å². The van der Waals surface area contributed by atoms with Crippen LogP contribution in [0.5, 0.6) is 0 Å². The van der Waals surface area contributed by atoms with Gasteiger partial charge >= 0.3 is 11.9 Å². The average molecular weight is 456 g/mol. The number of imidazole rings is 1. The van der Waals surface area contributed by atoms with Crippen molar-refractivity contribution in [1.82, 2.24) is 29.7 Å². The van der Waals surface area contributed by atoms with Crippen LogP contribution in [0.4, 0.5) is 13.2 Å². The maximum absolute atomic E-state index is 12.2. The molecule has 1 fully saturated rings. The minimum Gasteiger partial charge on any atom is -0.356 e. The highest BCUT2D eigenvalue weighted by atomic mass is 19.4. The van der Waals surface area contributed by atoms with Crippen molar-refractivity contribution < 1.29 is 17.7 Å². The first-order valence-corrected chi connectivity index (χ1v) is 9.89. The first kappa shape index (κ1) is 20.7. The fourth-order valence-electron chi connectivity index (χ4n) is 3.46. The lowest BCUT2D eigenvalue weighted by Gasteiger charge is -2.05. The standard InChI is InChI=1S/C13H11N5O2.C8H4F3NO/c19-12-9(6-15-13(20)16-12)10-5-8(7-1-2-7)11-14-3-4-18(11)17-10;9-8(10,11)7-5-3-1-2-4-6(5)13-12-7/h3-7H,1-2H2,(H2,15,16,19,20);1-4H. The molecule has 4 heterocycles. The highest BCUT2D eigenvalue weighted by molar-refractivity contribution is 5.79. The Morgan fingerprint density at radius 2 is 1.94 bits per heavy atom. The van der Waals surface area contributed by atoms with Crippen LogP contribution < -0.4 is 11.2 Å². The summed E-state index contributed by atoms with van der Waals surface area (Å²) in [4.78, 5) is 31.9. The zero-order valence-corrected chi connectivity index (χ0v) is 16.8. The Bertz CT molecular complexity index is 1580. The number of para-hydroxylation sites is 1. The number of aromatic amines is 2. The number of hydrogen-bond donors (Lipinski definition) is 2. The van der Waals surface area contributed by atoms with Crippen LogP contribution in [0, 0.1) is 0 Å². The summed E-state index contributed by atoms with van der Waals surface area (Å²) >= 11 is 0. The van der Waals surface area contributed by atoms with Crippen molar-refractivity contribution in [2.75, 3.05) is 0 Å². The minimum atomic E-state index is -4.45. The molecule has 12 heteroatoms. The molecule has 168 valence electrons. The number of nitrogens with one attached hydrogen (secondary N) is 2. The molecule has 6 rings (SSSR count). The van der Waals surface area contributed by atoms with Gasteiger partial charge in [0, 0.05) is 24.2 Å². The van der Waals surface area contributed by atoms with E-state index in [0.717, 1.165) is 24.1 Å². The van der Waals surface area contributed by atoms with E-state index in [0.29, 0.717) is 17.2 Å². The Hall–Kier alpha value is -4.22. The molecule has 0 aliphatic heterocycles. The Kier molecular flexibility index (Phi) is 4.84. The second kappa shape index (κ2) is 7.73. The van der Waals surface area contributed by atoms with Gasteiger partial charge in [-0.15, -0.1) is 0 Å². The molecule has 9 nitrogen and oxygen atoms in total. The van der Waals surface area contributed by atoms with Crippen molar-refractivity contribution in [3.63, 3.8) is 0 Å². The average Bonchev–Trinajstić information content (AvgIpc) is 3.33. The molecule has 0 saturated heterocycles. The largest absolute Gasteiger partial charge is 0.437 e. The summed E-state index contributed by atoms with van der Waals surface area (Å²) in [5.74, 6) is 0.489. The lowest BCUT2D eigenvalue weighted by Crippen LogP contribution is -2.23. The number of nitrogens with zero attached hydrogens (tertiary/aromatic N) is 4. The van der Waals surface area contributed by atoms with Gasteiger partial charge in [-0.1, -0.05) is 17.3 Å². The van der Waals surface area contributed by atoms with Gasteiger partial charge in [-0.3, -0.25) is 9.78 Å². The van der Waals surface area contributed by atoms with E-state index in [1.807, 2.05) is 6.07 Å². The van der Waals surface area contributed by atoms with E-state index >= 15 is 0 Å². The Labute approximate surface area is 181 Å². The van der Waals surface area contributed by atoms with Gasteiger partial charge in [-0.2, -0.15) is 18.3 Å². The number of alkyl halides is 3. The zero-order chi connectivity index (χ0) is 23.2. The fraction of sp³-hybridized carbons (Fsp3) is 0.190.